The Hall–Kier alpha value is -2.70. The summed E-state index contributed by atoms with van der Waals surface area (Å²) in [5.41, 5.74) is -1.71. The largest absolute Gasteiger partial charge is 0.377 e. The van der Waals surface area contributed by atoms with Crippen LogP contribution in [0, 0.1) is 17.1 Å². The number of urea groups is 1. The highest BCUT2D eigenvalue weighted by atomic mass is 35.5. The third kappa shape index (κ3) is 3.34. The number of nitriles is 1. The number of carbonyl (C=O) groups excluding carboxylic acids is 3. The van der Waals surface area contributed by atoms with Gasteiger partial charge in [-0.15, -0.1) is 0 Å². The lowest BCUT2D eigenvalue weighted by Crippen LogP contribution is -2.45. The number of hydrogen-bond acceptors (Lipinski definition) is 5. The lowest BCUT2D eigenvalue weighted by Gasteiger charge is -2.26. The molecule has 1 N–H and O–H groups in total. The monoisotopic (exact) mass is 394 g/mol. The molecule has 0 spiro atoms. The molecular weight excluding hydrogens is 379 g/mol. The summed E-state index contributed by atoms with van der Waals surface area (Å²) in [6, 6.07) is 2.29. The van der Waals surface area contributed by atoms with E-state index in [1.807, 2.05) is 6.07 Å². The number of fused-ring (bicyclic) bond motifs is 1. The normalized spacial score (nSPS) is 19.7. The maximum atomic E-state index is 14.5. The molecule has 1 unspecified atom stereocenters. The van der Waals surface area contributed by atoms with Crippen molar-refractivity contribution >= 4 is 35.1 Å². The second-order valence-corrected chi connectivity index (χ2v) is 7.12. The van der Waals surface area contributed by atoms with Gasteiger partial charge in [0, 0.05) is 6.54 Å². The molecule has 1 aromatic carbocycles. The molecule has 2 aliphatic heterocycles. The maximum absolute atomic E-state index is 14.5. The number of carbonyl (C=O) groups is 3. The number of anilines is 1. The van der Waals surface area contributed by atoms with E-state index in [2.05, 4.69) is 5.32 Å². The van der Waals surface area contributed by atoms with Crippen molar-refractivity contribution in [2.75, 3.05) is 24.7 Å². The third-order valence-corrected chi connectivity index (χ3v) is 4.61. The van der Waals surface area contributed by atoms with Gasteiger partial charge >= 0.3 is 6.03 Å². The lowest BCUT2D eigenvalue weighted by atomic mass is 10.1. The van der Waals surface area contributed by atoms with Gasteiger partial charge in [0.2, 0.25) is 0 Å². The van der Waals surface area contributed by atoms with Crippen molar-refractivity contribution in [1.82, 2.24) is 10.2 Å². The van der Waals surface area contributed by atoms with E-state index in [-0.39, 0.29) is 36.0 Å². The second-order valence-electron chi connectivity index (χ2n) is 6.71. The van der Waals surface area contributed by atoms with Crippen molar-refractivity contribution in [3.8, 4) is 6.07 Å². The Labute approximate surface area is 159 Å². The van der Waals surface area contributed by atoms with Crippen LogP contribution in [0.25, 0.3) is 0 Å². The zero-order chi connectivity index (χ0) is 19.9. The molecule has 0 bridgehead atoms. The standard InChI is InChI=1S/C17H16ClFN4O4/c1-17(2,8-20)21-14(24)9-5-12(11(19)6-10(9)18)23-15(25)13-7-27-4-3-22(13)16(23)26/h5-6,13H,3-4,7H2,1-2H3,(H,21,24). The van der Waals surface area contributed by atoms with Crippen molar-refractivity contribution in [1.29, 1.82) is 5.26 Å². The number of halogens is 2. The number of nitrogens with zero attached hydrogens (tertiary/aromatic N) is 3. The van der Waals surface area contributed by atoms with E-state index in [1.165, 1.54) is 18.7 Å². The Morgan fingerprint density at radius 3 is 2.78 bits per heavy atom. The van der Waals surface area contributed by atoms with Crippen LogP contribution in [0.2, 0.25) is 5.02 Å². The molecule has 0 aliphatic carbocycles. The minimum atomic E-state index is -1.19. The molecule has 2 saturated heterocycles. The summed E-state index contributed by atoms with van der Waals surface area (Å²) in [6.07, 6.45) is 0. The second kappa shape index (κ2) is 6.79. The zero-order valence-corrected chi connectivity index (χ0v) is 15.3. The first-order chi connectivity index (χ1) is 12.7. The lowest BCUT2D eigenvalue weighted by molar-refractivity contribution is -0.123. The van der Waals surface area contributed by atoms with Crippen molar-refractivity contribution in [3.63, 3.8) is 0 Å². The van der Waals surface area contributed by atoms with Gasteiger partial charge in [-0.25, -0.2) is 14.1 Å². The van der Waals surface area contributed by atoms with Crippen molar-refractivity contribution in [3.05, 3.63) is 28.5 Å². The predicted molar refractivity (Wildman–Crippen MR) is 92.8 cm³/mol. The fourth-order valence-electron chi connectivity index (χ4n) is 2.89. The first-order valence-corrected chi connectivity index (χ1v) is 8.49. The predicted octanol–water partition coefficient (Wildman–Crippen LogP) is 1.68. The van der Waals surface area contributed by atoms with Gasteiger partial charge in [-0.3, -0.25) is 9.59 Å². The number of morpholine rings is 1. The van der Waals surface area contributed by atoms with Gasteiger partial charge in [-0.2, -0.15) is 5.26 Å². The van der Waals surface area contributed by atoms with Crippen LogP contribution in [-0.2, 0) is 9.53 Å². The molecule has 27 heavy (non-hydrogen) atoms. The minimum Gasteiger partial charge on any atom is -0.377 e. The van der Waals surface area contributed by atoms with E-state index < -0.39 is 35.2 Å². The van der Waals surface area contributed by atoms with E-state index in [0.29, 0.717) is 4.90 Å². The molecule has 0 radical (unpaired) electrons. The molecule has 10 heteroatoms. The number of imide groups is 1. The molecule has 2 heterocycles. The molecule has 8 nitrogen and oxygen atoms in total. The van der Waals surface area contributed by atoms with Crippen LogP contribution in [0.1, 0.15) is 24.2 Å². The number of ether oxygens (including phenoxy) is 1. The maximum Gasteiger partial charge on any atom is 0.332 e. The topological polar surface area (TPSA) is 103 Å². The molecule has 1 aromatic rings. The Morgan fingerprint density at radius 1 is 1.44 bits per heavy atom. The molecule has 2 aliphatic rings. The molecule has 0 saturated carbocycles. The molecule has 4 amide bonds. The van der Waals surface area contributed by atoms with Crippen LogP contribution < -0.4 is 10.2 Å². The number of nitrogens with one attached hydrogen (secondary N) is 1. The van der Waals surface area contributed by atoms with Crippen molar-refractivity contribution in [2.24, 2.45) is 0 Å². The summed E-state index contributed by atoms with van der Waals surface area (Å²) in [7, 11) is 0. The summed E-state index contributed by atoms with van der Waals surface area (Å²) >= 11 is 5.97. The summed E-state index contributed by atoms with van der Waals surface area (Å²) in [5, 5.41) is 11.3. The van der Waals surface area contributed by atoms with E-state index in [9.17, 15) is 18.8 Å². The molecular formula is C17H16ClFN4O4. The smallest absolute Gasteiger partial charge is 0.332 e. The van der Waals surface area contributed by atoms with Gasteiger partial charge < -0.3 is 15.0 Å². The van der Waals surface area contributed by atoms with Gasteiger partial charge in [0.05, 0.1) is 35.6 Å². The Morgan fingerprint density at radius 2 is 2.15 bits per heavy atom. The van der Waals surface area contributed by atoms with E-state index in [1.54, 1.807) is 0 Å². The van der Waals surface area contributed by atoms with Gasteiger partial charge in [0.15, 0.2) is 0 Å². The summed E-state index contributed by atoms with van der Waals surface area (Å²) in [5.74, 6) is -2.28. The molecule has 0 aromatic heterocycles. The van der Waals surface area contributed by atoms with Crippen LogP contribution in [0.5, 0.6) is 0 Å². The Kier molecular flexibility index (Phi) is 4.80. The van der Waals surface area contributed by atoms with Crippen molar-refractivity contribution < 1.29 is 23.5 Å². The first kappa shape index (κ1) is 19.1. The van der Waals surface area contributed by atoms with Crippen LogP contribution in [0.15, 0.2) is 12.1 Å². The van der Waals surface area contributed by atoms with Crippen LogP contribution in [0.3, 0.4) is 0 Å². The minimum absolute atomic E-state index is 0.0278. The van der Waals surface area contributed by atoms with Crippen LogP contribution in [0.4, 0.5) is 14.9 Å². The highest BCUT2D eigenvalue weighted by molar-refractivity contribution is 6.34. The van der Waals surface area contributed by atoms with Crippen LogP contribution in [-0.4, -0.2) is 54.1 Å². The van der Waals surface area contributed by atoms with Crippen molar-refractivity contribution in [2.45, 2.75) is 25.4 Å². The van der Waals surface area contributed by atoms with E-state index in [4.69, 9.17) is 21.6 Å². The number of benzene rings is 1. The highest BCUT2D eigenvalue weighted by Gasteiger charge is 2.48. The third-order valence-electron chi connectivity index (χ3n) is 4.30. The average Bonchev–Trinajstić information content (AvgIpc) is 2.86. The highest BCUT2D eigenvalue weighted by Crippen LogP contribution is 2.32. The van der Waals surface area contributed by atoms with Gasteiger partial charge in [0.1, 0.15) is 17.4 Å². The van der Waals surface area contributed by atoms with E-state index >= 15 is 0 Å². The summed E-state index contributed by atoms with van der Waals surface area (Å²) in [4.78, 5) is 39.6. The molecule has 1 atom stereocenters. The van der Waals surface area contributed by atoms with Gasteiger partial charge in [-0.05, 0) is 26.0 Å². The van der Waals surface area contributed by atoms with Gasteiger partial charge in [-0.1, -0.05) is 11.6 Å². The first-order valence-electron chi connectivity index (χ1n) is 8.11. The quantitative estimate of drug-likeness (QED) is 0.786. The molecule has 142 valence electrons. The Bertz CT molecular complexity index is 858. The fraction of sp³-hybridized carbons (Fsp3) is 0.412. The van der Waals surface area contributed by atoms with Crippen LogP contribution >= 0.6 is 11.6 Å². The summed E-state index contributed by atoms with van der Waals surface area (Å²) in [6.45, 7) is 3.48. The molecule has 2 fully saturated rings. The molecule has 3 rings (SSSR count). The Balaban J connectivity index is 2.00. The number of rotatable bonds is 3. The van der Waals surface area contributed by atoms with E-state index in [0.717, 1.165) is 12.1 Å². The number of amides is 4. The SMILES string of the molecule is CC(C)(C#N)NC(=O)c1cc(N2C(=O)C3COCCN3C2=O)c(F)cc1Cl. The van der Waals surface area contributed by atoms with Gasteiger partial charge in [0.25, 0.3) is 11.8 Å². The number of hydrogen-bond donors (Lipinski definition) is 1. The fourth-order valence-corrected chi connectivity index (χ4v) is 3.13. The summed E-state index contributed by atoms with van der Waals surface area (Å²) < 4.78 is 19.7. The zero-order valence-electron chi connectivity index (χ0n) is 14.6. The average molecular weight is 395 g/mol.